The zero-order valence-corrected chi connectivity index (χ0v) is 10.2. The highest BCUT2D eigenvalue weighted by Crippen LogP contribution is 2.15. The number of aliphatic hydroxyl groups excluding tert-OH is 1. The van der Waals surface area contributed by atoms with Gasteiger partial charge in [0.05, 0.1) is 16.4 Å². The number of nitrogens with zero attached hydrogens (tertiary/aromatic N) is 1. The molecule has 0 amide bonds. The van der Waals surface area contributed by atoms with E-state index in [1.165, 1.54) is 0 Å². The average molecular weight is 290 g/mol. The number of nitro benzene ring substituents is 1. The number of carbonyl (C=O) groups is 1. The molecule has 0 radical (unpaired) electrons. The summed E-state index contributed by atoms with van der Waals surface area (Å²) >= 11 is 0. The molecule has 1 atom stereocenters. The predicted molar refractivity (Wildman–Crippen MR) is 61.9 cm³/mol. The van der Waals surface area contributed by atoms with Gasteiger partial charge in [0.25, 0.3) is 5.69 Å². The van der Waals surface area contributed by atoms with Crippen LogP contribution in [0.2, 0.25) is 0 Å². The molecule has 19 heavy (non-hydrogen) atoms. The van der Waals surface area contributed by atoms with Crippen LogP contribution in [0.25, 0.3) is 0 Å². The Morgan fingerprint density at radius 3 is 2.26 bits per heavy atom. The molecule has 0 heterocycles. The Morgan fingerprint density at radius 2 is 1.89 bits per heavy atom. The molecule has 9 nitrogen and oxygen atoms in total. The van der Waals surface area contributed by atoms with Crippen molar-refractivity contribution in [3.05, 3.63) is 34.4 Å². The van der Waals surface area contributed by atoms with E-state index in [9.17, 15) is 23.3 Å². The van der Waals surface area contributed by atoms with Gasteiger partial charge in [0.2, 0.25) is 10.0 Å². The van der Waals surface area contributed by atoms with Gasteiger partial charge < -0.3 is 10.2 Å². The molecular formula is C9H10N2O7S. The Labute approximate surface area is 107 Å². The molecule has 0 saturated carbocycles. The van der Waals surface area contributed by atoms with Crippen LogP contribution in [0, 0.1) is 10.1 Å². The second-order valence-corrected chi connectivity index (χ2v) is 5.16. The Balaban J connectivity index is 3.00. The number of hydrogen-bond acceptors (Lipinski definition) is 6. The Morgan fingerprint density at radius 1 is 1.37 bits per heavy atom. The highest BCUT2D eigenvalue weighted by atomic mass is 32.2. The Kier molecular flexibility index (Phi) is 4.53. The van der Waals surface area contributed by atoms with Crippen LogP contribution in [-0.2, 0) is 14.8 Å². The number of sulfonamides is 1. The van der Waals surface area contributed by atoms with Gasteiger partial charge in [-0.2, -0.15) is 4.72 Å². The van der Waals surface area contributed by atoms with Crippen LogP contribution in [0.3, 0.4) is 0 Å². The van der Waals surface area contributed by atoms with Crippen molar-refractivity contribution in [3.8, 4) is 0 Å². The number of aliphatic carboxylic acids is 1. The Hall–Kier alpha value is -2.04. The van der Waals surface area contributed by atoms with Gasteiger partial charge in [-0.1, -0.05) is 0 Å². The zero-order chi connectivity index (χ0) is 14.6. The van der Waals surface area contributed by atoms with Gasteiger partial charge in [-0.3, -0.25) is 14.9 Å². The second kappa shape index (κ2) is 5.73. The average Bonchev–Trinajstić information content (AvgIpc) is 2.35. The maximum atomic E-state index is 11.7. The number of non-ortho nitro benzene ring substituents is 1. The first-order chi connectivity index (χ1) is 8.77. The molecule has 0 unspecified atom stereocenters. The summed E-state index contributed by atoms with van der Waals surface area (Å²) in [6.45, 7) is -0.915. The van der Waals surface area contributed by atoms with Gasteiger partial charge in [-0.05, 0) is 12.1 Å². The van der Waals surface area contributed by atoms with E-state index in [1.807, 2.05) is 0 Å². The molecule has 10 heteroatoms. The fraction of sp³-hybridized carbons (Fsp3) is 0.222. The van der Waals surface area contributed by atoms with E-state index in [2.05, 4.69) is 0 Å². The maximum absolute atomic E-state index is 11.7. The zero-order valence-electron chi connectivity index (χ0n) is 9.38. The number of aliphatic hydroxyl groups is 1. The summed E-state index contributed by atoms with van der Waals surface area (Å²) in [5.74, 6) is -1.53. The number of nitrogens with one attached hydrogen (secondary N) is 1. The third-order valence-corrected chi connectivity index (χ3v) is 3.62. The molecule has 0 spiro atoms. The molecule has 0 bridgehead atoms. The highest BCUT2D eigenvalue weighted by Gasteiger charge is 2.25. The van der Waals surface area contributed by atoms with E-state index in [0.717, 1.165) is 24.3 Å². The monoisotopic (exact) mass is 290 g/mol. The number of benzene rings is 1. The minimum absolute atomic E-state index is 0.295. The molecule has 0 saturated heterocycles. The summed E-state index contributed by atoms with van der Waals surface area (Å²) in [6, 6.07) is 2.21. The molecule has 1 aromatic carbocycles. The third-order valence-electron chi connectivity index (χ3n) is 2.14. The van der Waals surface area contributed by atoms with E-state index in [-0.39, 0.29) is 10.6 Å². The summed E-state index contributed by atoms with van der Waals surface area (Å²) in [5, 5.41) is 27.8. The van der Waals surface area contributed by atoms with E-state index in [4.69, 9.17) is 10.2 Å². The van der Waals surface area contributed by atoms with Crippen LogP contribution < -0.4 is 4.72 Å². The smallest absolute Gasteiger partial charge is 0.324 e. The summed E-state index contributed by atoms with van der Waals surface area (Å²) in [7, 11) is -4.17. The van der Waals surface area contributed by atoms with E-state index in [0.29, 0.717) is 0 Å². The lowest BCUT2D eigenvalue weighted by Crippen LogP contribution is -2.43. The number of carboxylic acids is 1. The van der Waals surface area contributed by atoms with Crippen molar-refractivity contribution in [1.82, 2.24) is 4.72 Å². The second-order valence-electron chi connectivity index (χ2n) is 3.45. The predicted octanol–water partition coefficient (Wildman–Crippen LogP) is -0.681. The first-order valence-corrected chi connectivity index (χ1v) is 6.36. The minimum Gasteiger partial charge on any atom is -0.480 e. The summed E-state index contributed by atoms with van der Waals surface area (Å²) in [6.07, 6.45) is 0. The van der Waals surface area contributed by atoms with Gasteiger partial charge >= 0.3 is 5.97 Å². The van der Waals surface area contributed by atoms with Crippen molar-refractivity contribution in [2.45, 2.75) is 10.9 Å². The lowest BCUT2D eigenvalue weighted by Gasteiger charge is -2.11. The summed E-state index contributed by atoms with van der Waals surface area (Å²) in [5.41, 5.74) is -0.295. The number of nitro groups is 1. The quantitative estimate of drug-likeness (QED) is 0.464. The highest BCUT2D eigenvalue weighted by molar-refractivity contribution is 7.89. The van der Waals surface area contributed by atoms with E-state index in [1.54, 1.807) is 4.72 Å². The molecule has 0 aromatic heterocycles. The van der Waals surface area contributed by atoms with Gasteiger partial charge in [0, 0.05) is 12.1 Å². The number of hydrogen-bond donors (Lipinski definition) is 3. The van der Waals surface area contributed by atoms with Crippen LogP contribution in [0.1, 0.15) is 0 Å². The normalized spacial score (nSPS) is 12.9. The first-order valence-electron chi connectivity index (χ1n) is 4.88. The number of rotatable bonds is 6. The van der Waals surface area contributed by atoms with Gasteiger partial charge in [0.15, 0.2) is 0 Å². The van der Waals surface area contributed by atoms with Gasteiger partial charge in [-0.25, -0.2) is 8.42 Å². The van der Waals surface area contributed by atoms with Crippen LogP contribution in [-0.4, -0.2) is 42.2 Å². The molecular weight excluding hydrogens is 280 g/mol. The SMILES string of the molecule is O=C(O)[C@@H](CO)NS(=O)(=O)c1ccc([N+](=O)[O-])cc1. The lowest BCUT2D eigenvalue weighted by molar-refractivity contribution is -0.384. The molecule has 1 aromatic rings. The van der Waals surface area contributed by atoms with Crippen LogP contribution in [0.4, 0.5) is 5.69 Å². The van der Waals surface area contributed by atoms with Crippen molar-refractivity contribution in [3.63, 3.8) is 0 Å². The molecule has 3 N–H and O–H groups in total. The number of carboxylic acid groups (broad SMARTS) is 1. The van der Waals surface area contributed by atoms with Crippen LogP contribution >= 0.6 is 0 Å². The van der Waals surface area contributed by atoms with Gasteiger partial charge in [0.1, 0.15) is 6.04 Å². The summed E-state index contributed by atoms with van der Waals surface area (Å²) < 4.78 is 25.2. The summed E-state index contributed by atoms with van der Waals surface area (Å²) in [4.78, 5) is 20.0. The van der Waals surface area contributed by atoms with Crippen LogP contribution in [0.5, 0.6) is 0 Å². The largest absolute Gasteiger partial charge is 0.480 e. The van der Waals surface area contributed by atoms with Gasteiger partial charge in [-0.15, -0.1) is 0 Å². The fourth-order valence-corrected chi connectivity index (χ4v) is 2.35. The topological polar surface area (TPSA) is 147 Å². The molecule has 104 valence electrons. The molecule has 0 fully saturated rings. The molecule has 1 rings (SSSR count). The Bertz CT molecular complexity index is 581. The first kappa shape index (κ1) is 15.0. The maximum Gasteiger partial charge on any atom is 0.324 e. The van der Waals surface area contributed by atoms with E-state index >= 15 is 0 Å². The minimum atomic E-state index is -4.17. The third kappa shape index (κ3) is 3.71. The standard InChI is InChI=1S/C9H10N2O7S/c12-5-8(9(13)14)10-19(17,18)7-3-1-6(2-4-7)11(15)16/h1-4,8,10,12H,5H2,(H,13,14)/t8-/m1/s1. The molecule has 0 aliphatic carbocycles. The van der Waals surface area contributed by atoms with E-state index < -0.39 is 33.6 Å². The van der Waals surface area contributed by atoms with Crippen molar-refractivity contribution in [2.24, 2.45) is 0 Å². The molecule has 0 aliphatic heterocycles. The van der Waals surface area contributed by atoms with Crippen molar-refractivity contribution in [2.75, 3.05) is 6.61 Å². The fourth-order valence-electron chi connectivity index (χ4n) is 1.17. The lowest BCUT2D eigenvalue weighted by atomic mass is 10.3. The van der Waals surface area contributed by atoms with Crippen molar-refractivity contribution in [1.29, 1.82) is 0 Å². The molecule has 0 aliphatic rings. The van der Waals surface area contributed by atoms with Crippen molar-refractivity contribution < 1.29 is 28.3 Å². The van der Waals surface area contributed by atoms with Crippen molar-refractivity contribution >= 4 is 21.7 Å². The van der Waals surface area contributed by atoms with Crippen LogP contribution in [0.15, 0.2) is 29.2 Å².